The molecule has 2 heterocycles. The number of ether oxygens (including phenoxy) is 1. The van der Waals surface area contributed by atoms with Crippen molar-refractivity contribution in [2.45, 2.75) is 68.6 Å². The molecule has 2 saturated heterocycles. The summed E-state index contributed by atoms with van der Waals surface area (Å²) in [6.07, 6.45) is 8.55. The van der Waals surface area contributed by atoms with E-state index in [1.165, 1.54) is 44.1 Å². The predicted octanol–water partition coefficient (Wildman–Crippen LogP) is 6.50. The minimum Gasteiger partial charge on any atom is -0.385 e. The van der Waals surface area contributed by atoms with Crippen molar-refractivity contribution in [1.82, 2.24) is 0 Å². The molecule has 0 amide bonds. The number of hydrogen-bond acceptors (Lipinski definition) is 1. The van der Waals surface area contributed by atoms with Gasteiger partial charge in [-0.1, -0.05) is 60.8 Å². The van der Waals surface area contributed by atoms with Gasteiger partial charge in [-0.15, -0.1) is 0 Å². The lowest BCUT2D eigenvalue weighted by molar-refractivity contribution is 0.185. The normalized spacial score (nSPS) is 31.4. The summed E-state index contributed by atoms with van der Waals surface area (Å²) in [6, 6.07) is 15.0. The fraction of sp³-hybridized carbons (Fsp3) is 0.700. The van der Waals surface area contributed by atoms with Crippen LogP contribution in [-0.4, -0.2) is 21.8 Å². The van der Waals surface area contributed by atoms with E-state index < -0.39 is 8.07 Å². The first-order valence-electron chi connectivity index (χ1n) is 9.45. The van der Waals surface area contributed by atoms with Crippen molar-refractivity contribution in [2.75, 3.05) is 13.7 Å². The molecule has 0 atom stereocenters. The zero-order chi connectivity index (χ0) is 16.1. The summed E-state index contributed by atoms with van der Waals surface area (Å²) in [7, 11) is 0.919. The van der Waals surface area contributed by atoms with E-state index in [-0.39, 0.29) is 0 Å². The standard InChI is InChI=1S/C20H31ClOSi/c1-22-12-2-3-17-8-13-23(14-9-17)15-10-19(11-16-23)18-4-6-20(21)7-5-18/h4-7,17,19H,2-3,8-16H2,1H3. The van der Waals surface area contributed by atoms with Crippen molar-refractivity contribution in [1.29, 1.82) is 0 Å². The van der Waals surface area contributed by atoms with E-state index in [1.54, 1.807) is 24.2 Å². The SMILES string of the molecule is COCCCC1CC[Si]2(CC1)CCC(c1ccc(Cl)cc1)CC2. The molecule has 1 aromatic rings. The van der Waals surface area contributed by atoms with E-state index in [4.69, 9.17) is 16.3 Å². The Balaban J connectivity index is 1.46. The van der Waals surface area contributed by atoms with Gasteiger partial charge in [-0.3, -0.25) is 0 Å². The Morgan fingerprint density at radius 1 is 1.00 bits per heavy atom. The van der Waals surface area contributed by atoms with Gasteiger partial charge in [-0.25, -0.2) is 0 Å². The second-order valence-electron chi connectivity index (χ2n) is 7.90. The Kier molecular flexibility index (Phi) is 6.23. The molecule has 2 aliphatic rings. The molecular weight excluding hydrogens is 320 g/mol. The molecule has 0 unspecified atom stereocenters. The number of hydrogen-bond donors (Lipinski definition) is 0. The van der Waals surface area contributed by atoms with Gasteiger partial charge in [0.1, 0.15) is 0 Å². The second-order valence-corrected chi connectivity index (χ2v) is 13.3. The summed E-state index contributed by atoms with van der Waals surface area (Å²) in [4.78, 5) is 0. The van der Waals surface area contributed by atoms with Gasteiger partial charge in [0.15, 0.2) is 0 Å². The molecule has 0 aromatic heterocycles. The third-order valence-electron chi connectivity index (χ3n) is 6.51. The molecule has 0 N–H and O–H groups in total. The summed E-state index contributed by atoms with van der Waals surface area (Å²) >= 11 is 6.03. The van der Waals surface area contributed by atoms with Crippen LogP contribution in [0.3, 0.4) is 0 Å². The molecule has 2 fully saturated rings. The van der Waals surface area contributed by atoms with E-state index in [0.717, 1.165) is 23.5 Å². The van der Waals surface area contributed by atoms with Crippen LogP contribution in [-0.2, 0) is 4.74 Å². The summed E-state index contributed by atoms with van der Waals surface area (Å²) in [6.45, 7) is 0.946. The van der Waals surface area contributed by atoms with Gasteiger partial charge in [-0.2, -0.15) is 0 Å². The molecule has 0 aliphatic carbocycles. The molecule has 0 bridgehead atoms. The van der Waals surface area contributed by atoms with Crippen molar-refractivity contribution >= 4 is 19.7 Å². The fourth-order valence-electron chi connectivity index (χ4n) is 4.89. The second kappa shape index (κ2) is 8.18. The first-order valence-corrected chi connectivity index (χ1v) is 12.7. The highest BCUT2D eigenvalue weighted by Gasteiger charge is 2.40. The lowest BCUT2D eigenvalue weighted by Crippen LogP contribution is -2.41. The molecule has 0 radical (unpaired) electrons. The minimum atomic E-state index is -0.902. The van der Waals surface area contributed by atoms with Crippen LogP contribution in [0, 0.1) is 5.92 Å². The zero-order valence-corrected chi connectivity index (χ0v) is 16.3. The molecule has 23 heavy (non-hydrogen) atoms. The van der Waals surface area contributed by atoms with Crippen LogP contribution >= 0.6 is 11.6 Å². The van der Waals surface area contributed by atoms with E-state index in [9.17, 15) is 0 Å². The lowest BCUT2D eigenvalue weighted by Gasteiger charge is -2.43. The minimum absolute atomic E-state index is 0.796. The van der Waals surface area contributed by atoms with Gasteiger partial charge in [-0.05, 0) is 55.2 Å². The van der Waals surface area contributed by atoms with Crippen LogP contribution in [0.1, 0.15) is 50.0 Å². The number of halogens is 1. The van der Waals surface area contributed by atoms with E-state index in [0.29, 0.717) is 0 Å². The molecule has 0 saturated carbocycles. The van der Waals surface area contributed by atoms with Crippen LogP contribution in [0.4, 0.5) is 0 Å². The number of benzene rings is 1. The monoisotopic (exact) mass is 350 g/mol. The maximum Gasteiger partial charge on any atom is 0.0536 e. The van der Waals surface area contributed by atoms with Crippen molar-refractivity contribution in [2.24, 2.45) is 5.92 Å². The third kappa shape index (κ3) is 4.61. The van der Waals surface area contributed by atoms with Crippen LogP contribution < -0.4 is 0 Å². The smallest absolute Gasteiger partial charge is 0.0536 e. The van der Waals surface area contributed by atoms with Crippen molar-refractivity contribution in [3.05, 3.63) is 34.9 Å². The predicted molar refractivity (Wildman–Crippen MR) is 102 cm³/mol. The first-order chi connectivity index (χ1) is 11.2. The summed E-state index contributed by atoms with van der Waals surface area (Å²) in [5.41, 5.74) is 1.52. The topological polar surface area (TPSA) is 9.23 Å². The Labute approximate surface area is 147 Å². The third-order valence-corrected chi connectivity index (χ3v) is 12.2. The molecule has 128 valence electrons. The Bertz CT molecular complexity index is 469. The van der Waals surface area contributed by atoms with Gasteiger partial charge < -0.3 is 4.74 Å². The van der Waals surface area contributed by atoms with Gasteiger partial charge in [0.05, 0.1) is 8.07 Å². The Morgan fingerprint density at radius 3 is 2.22 bits per heavy atom. The molecule has 2 aliphatic heterocycles. The Morgan fingerprint density at radius 2 is 1.61 bits per heavy atom. The van der Waals surface area contributed by atoms with Gasteiger partial charge in [0.25, 0.3) is 0 Å². The maximum atomic E-state index is 6.03. The van der Waals surface area contributed by atoms with E-state index in [2.05, 4.69) is 24.3 Å². The van der Waals surface area contributed by atoms with Crippen LogP contribution in [0.25, 0.3) is 0 Å². The molecule has 3 rings (SSSR count). The molecule has 1 nitrogen and oxygen atoms in total. The summed E-state index contributed by atoms with van der Waals surface area (Å²) in [5, 5.41) is 0.863. The first kappa shape index (κ1) is 17.5. The van der Waals surface area contributed by atoms with Gasteiger partial charge in [0, 0.05) is 18.7 Å². The zero-order valence-electron chi connectivity index (χ0n) is 14.5. The Hall–Kier alpha value is -0.313. The average molecular weight is 351 g/mol. The summed E-state index contributed by atoms with van der Waals surface area (Å²) in [5.74, 6) is 1.79. The molecule has 1 aromatic carbocycles. The van der Waals surface area contributed by atoms with Gasteiger partial charge >= 0.3 is 0 Å². The molecule has 3 heteroatoms. The van der Waals surface area contributed by atoms with Crippen molar-refractivity contribution in [3.63, 3.8) is 0 Å². The molecule has 1 spiro atoms. The van der Waals surface area contributed by atoms with Crippen LogP contribution in [0.15, 0.2) is 24.3 Å². The average Bonchev–Trinajstić information content (AvgIpc) is 2.59. The van der Waals surface area contributed by atoms with Crippen LogP contribution in [0.5, 0.6) is 0 Å². The summed E-state index contributed by atoms with van der Waals surface area (Å²) < 4.78 is 5.20. The molecular formula is C20H31ClOSi. The highest BCUT2D eigenvalue weighted by atomic mass is 35.5. The van der Waals surface area contributed by atoms with Crippen molar-refractivity contribution in [3.8, 4) is 0 Å². The highest BCUT2D eigenvalue weighted by molar-refractivity contribution is 6.80. The van der Waals surface area contributed by atoms with E-state index in [1.807, 2.05) is 7.11 Å². The number of methoxy groups -OCH3 is 1. The largest absolute Gasteiger partial charge is 0.385 e. The van der Waals surface area contributed by atoms with E-state index >= 15 is 0 Å². The fourth-order valence-corrected chi connectivity index (χ4v) is 10.5. The van der Waals surface area contributed by atoms with Gasteiger partial charge in [0.2, 0.25) is 0 Å². The lowest BCUT2D eigenvalue weighted by atomic mass is 9.93. The maximum absolute atomic E-state index is 6.03. The number of rotatable bonds is 5. The van der Waals surface area contributed by atoms with Crippen LogP contribution in [0.2, 0.25) is 29.2 Å². The highest BCUT2D eigenvalue weighted by Crippen LogP contribution is 2.47. The quantitative estimate of drug-likeness (QED) is 0.434. The van der Waals surface area contributed by atoms with Crippen molar-refractivity contribution < 1.29 is 4.74 Å².